The van der Waals surface area contributed by atoms with E-state index in [1.807, 2.05) is 12.1 Å². The minimum Gasteiger partial charge on any atom is -0.475 e. The molecule has 3 nitrogen and oxygen atoms in total. The van der Waals surface area contributed by atoms with E-state index in [0.29, 0.717) is 11.5 Å². The number of rotatable bonds is 4. The lowest BCUT2D eigenvalue weighted by molar-refractivity contribution is 0.0663. The molecule has 0 unspecified atom stereocenters. The van der Waals surface area contributed by atoms with Crippen molar-refractivity contribution < 1.29 is 14.3 Å². The number of benzene rings is 1. The van der Waals surface area contributed by atoms with Crippen LogP contribution < -0.4 is 0 Å². The molecular formula is C15H16O3. The first-order valence-electron chi connectivity index (χ1n) is 6.49. The van der Waals surface area contributed by atoms with E-state index in [1.54, 1.807) is 0 Å². The number of furan rings is 1. The molecule has 0 radical (unpaired) electrons. The van der Waals surface area contributed by atoms with Gasteiger partial charge in [-0.05, 0) is 42.9 Å². The Kier molecular flexibility index (Phi) is 2.62. The van der Waals surface area contributed by atoms with Crippen molar-refractivity contribution in [2.75, 3.05) is 0 Å². The van der Waals surface area contributed by atoms with Crippen LogP contribution in [0.5, 0.6) is 0 Å². The molecule has 0 aliphatic heterocycles. The zero-order chi connectivity index (χ0) is 12.7. The molecule has 1 aliphatic rings. The van der Waals surface area contributed by atoms with Gasteiger partial charge in [0.2, 0.25) is 5.76 Å². The van der Waals surface area contributed by atoms with Gasteiger partial charge < -0.3 is 9.52 Å². The van der Waals surface area contributed by atoms with Crippen LogP contribution in [0.3, 0.4) is 0 Å². The SMILES string of the molecule is CCCc1ccc2oc(C(=O)O)c(C3CC3)c2c1. The highest BCUT2D eigenvalue weighted by Gasteiger charge is 2.33. The number of carboxylic acid groups (broad SMARTS) is 1. The molecule has 1 aromatic carbocycles. The largest absolute Gasteiger partial charge is 0.475 e. The lowest BCUT2D eigenvalue weighted by Crippen LogP contribution is -1.97. The zero-order valence-corrected chi connectivity index (χ0v) is 10.4. The Morgan fingerprint density at radius 3 is 2.83 bits per heavy atom. The molecule has 0 amide bonds. The van der Waals surface area contributed by atoms with E-state index < -0.39 is 5.97 Å². The van der Waals surface area contributed by atoms with Crippen LogP contribution in [0.25, 0.3) is 11.0 Å². The van der Waals surface area contributed by atoms with Gasteiger partial charge in [-0.25, -0.2) is 4.79 Å². The van der Waals surface area contributed by atoms with Crippen LogP contribution in [0.2, 0.25) is 0 Å². The van der Waals surface area contributed by atoms with Gasteiger partial charge in [0.15, 0.2) is 0 Å². The second-order valence-electron chi connectivity index (χ2n) is 5.00. The van der Waals surface area contributed by atoms with Crippen molar-refractivity contribution in [3.05, 3.63) is 35.1 Å². The van der Waals surface area contributed by atoms with Gasteiger partial charge >= 0.3 is 5.97 Å². The minimum atomic E-state index is -0.954. The highest BCUT2D eigenvalue weighted by molar-refractivity contribution is 5.96. The van der Waals surface area contributed by atoms with Crippen molar-refractivity contribution in [1.82, 2.24) is 0 Å². The molecule has 1 N–H and O–H groups in total. The maximum Gasteiger partial charge on any atom is 0.372 e. The molecule has 0 saturated heterocycles. The summed E-state index contributed by atoms with van der Waals surface area (Å²) in [5, 5.41) is 10.2. The maximum absolute atomic E-state index is 11.2. The van der Waals surface area contributed by atoms with Gasteiger partial charge in [0.05, 0.1) is 0 Å². The third-order valence-corrected chi connectivity index (χ3v) is 3.51. The van der Waals surface area contributed by atoms with E-state index in [9.17, 15) is 9.90 Å². The molecule has 3 heteroatoms. The fraction of sp³-hybridized carbons (Fsp3) is 0.400. The average Bonchev–Trinajstić information content (AvgIpc) is 3.10. The fourth-order valence-electron chi connectivity index (χ4n) is 2.54. The van der Waals surface area contributed by atoms with Crippen LogP contribution in [0.4, 0.5) is 0 Å². The molecule has 18 heavy (non-hydrogen) atoms. The standard InChI is InChI=1S/C15H16O3/c1-2-3-9-4-7-12-11(8-9)13(10-5-6-10)14(18-12)15(16)17/h4,7-8,10H,2-3,5-6H2,1H3,(H,16,17). The smallest absolute Gasteiger partial charge is 0.372 e. The Hall–Kier alpha value is -1.77. The van der Waals surface area contributed by atoms with E-state index in [1.165, 1.54) is 5.56 Å². The highest BCUT2D eigenvalue weighted by atomic mass is 16.4. The summed E-state index contributed by atoms with van der Waals surface area (Å²) in [4.78, 5) is 11.2. The van der Waals surface area contributed by atoms with Crippen molar-refractivity contribution in [1.29, 1.82) is 0 Å². The summed E-state index contributed by atoms with van der Waals surface area (Å²) in [6.45, 7) is 2.14. The van der Waals surface area contributed by atoms with Gasteiger partial charge in [-0.1, -0.05) is 19.4 Å². The van der Waals surface area contributed by atoms with E-state index >= 15 is 0 Å². The third-order valence-electron chi connectivity index (χ3n) is 3.51. The number of carboxylic acids is 1. The Labute approximate surface area is 105 Å². The second-order valence-corrected chi connectivity index (χ2v) is 5.00. The monoisotopic (exact) mass is 244 g/mol. The summed E-state index contributed by atoms with van der Waals surface area (Å²) < 4.78 is 5.50. The maximum atomic E-state index is 11.2. The number of hydrogen-bond donors (Lipinski definition) is 1. The molecule has 1 aliphatic carbocycles. The van der Waals surface area contributed by atoms with Crippen LogP contribution in [0.15, 0.2) is 22.6 Å². The zero-order valence-electron chi connectivity index (χ0n) is 10.4. The molecule has 0 atom stereocenters. The summed E-state index contributed by atoms with van der Waals surface area (Å²) in [6, 6.07) is 6.03. The van der Waals surface area contributed by atoms with Crippen LogP contribution >= 0.6 is 0 Å². The Balaban J connectivity index is 2.19. The summed E-state index contributed by atoms with van der Waals surface area (Å²) >= 11 is 0. The van der Waals surface area contributed by atoms with E-state index in [-0.39, 0.29) is 5.76 Å². The Morgan fingerprint density at radius 2 is 2.22 bits per heavy atom. The van der Waals surface area contributed by atoms with Gasteiger partial charge in [0.25, 0.3) is 0 Å². The Morgan fingerprint density at radius 1 is 1.44 bits per heavy atom. The van der Waals surface area contributed by atoms with Crippen molar-refractivity contribution in [3.8, 4) is 0 Å². The number of aromatic carboxylic acids is 1. The highest BCUT2D eigenvalue weighted by Crippen LogP contribution is 2.46. The third kappa shape index (κ3) is 1.80. The predicted molar refractivity (Wildman–Crippen MR) is 69.1 cm³/mol. The van der Waals surface area contributed by atoms with Crippen LogP contribution in [0.1, 0.15) is 53.8 Å². The van der Waals surface area contributed by atoms with Crippen LogP contribution in [0, 0.1) is 0 Å². The number of hydrogen-bond acceptors (Lipinski definition) is 2. The second kappa shape index (κ2) is 4.16. The van der Waals surface area contributed by atoms with Crippen LogP contribution in [-0.4, -0.2) is 11.1 Å². The summed E-state index contributed by atoms with van der Waals surface area (Å²) in [5.41, 5.74) is 2.87. The van der Waals surface area contributed by atoms with Crippen molar-refractivity contribution in [3.63, 3.8) is 0 Å². The topological polar surface area (TPSA) is 50.4 Å². The van der Waals surface area contributed by atoms with E-state index in [2.05, 4.69) is 13.0 Å². The van der Waals surface area contributed by atoms with Crippen molar-refractivity contribution >= 4 is 16.9 Å². The van der Waals surface area contributed by atoms with Gasteiger partial charge in [0.1, 0.15) is 5.58 Å². The first-order valence-corrected chi connectivity index (χ1v) is 6.49. The predicted octanol–water partition coefficient (Wildman–Crippen LogP) is 3.96. The first-order chi connectivity index (χ1) is 8.70. The Bertz CT molecular complexity index is 605. The minimum absolute atomic E-state index is 0.140. The molecular weight excluding hydrogens is 228 g/mol. The average molecular weight is 244 g/mol. The molecule has 1 aromatic heterocycles. The molecule has 0 spiro atoms. The summed E-state index contributed by atoms with van der Waals surface area (Å²) in [6.07, 6.45) is 4.27. The molecule has 94 valence electrons. The van der Waals surface area contributed by atoms with Gasteiger partial charge in [-0.3, -0.25) is 0 Å². The molecule has 2 aromatic rings. The summed E-state index contributed by atoms with van der Waals surface area (Å²) in [7, 11) is 0. The van der Waals surface area contributed by atoms with Gasteiger partial charge in [-0.2, -0.15) is 0 Å². The van der Waals surface area contributed by atoms with Crippen LogP contribution in [-0.2, 0) is 6.42 Å². The number of aryl methyl sites for hydroxylation is 1. The normalized spacial score (nSPS) is 15.2. The number of carbonyl (C=O) groups is 1. The van der Waals surface area contributed by atoms with Crippen molar-refractivity contribution in [2.24, 2.45) is 0 Å². The van der Waals surface area contributed by atoms with Crippen molar-refractivity contribution in [2.45, 2.75) is 38.5 Å². The molecule has 1 saturated carbocycles. The quantitative estimate of drug-likeness (QED) is 0.885. The van der Waals surface area contributed by atoms with E-state index in [0.717, 1.165) is 36.6 Å². The lowest BCUT2D eigenvalue weighted by atomic mass is 10.0. The van der Waals surface area contributed by atoms with Gasteiger partial charge in [-0.15, -0.1) is 0 Å². The molecule has 1 heterocycles. The number of fused-ring (bicyclic) bond motifs is 1. The fourth-order valence-corrected chi connectivity index (χ4v) is 2.54. The molecule has 3 rings (SSSR count). The molecule has 1 fully saturated rings. The molecule has 0 bridgehead atoms. The first kappa shape index (κ1) is 11.3. The lowest BCUT2D eigenvalue weighted by Gasteiger charge is -2.00. The van der Waals surface area contributed by atoms with E-state index in [4.69, 9.17) is 4.42 Å². The van der Waals surface area contributed by atoms with Gasteiger partial charge in [0, 0.05) is 10.9 Å². The summed E-state index contributed by atoms with van der Waals surface area (Å²) in [5.74, 6) is -0.430.